The van der Waals surface area contributed by atoms with Gasteiger partial charge in [0.1, 0.15) is 23.1 Å². The maximum atomic E-state index is 11.5. The fourth-order valence-corrected chi connectivity index (χ4v) is 4.14. The van der Waals surface area contributed by atoms with Gasteiger partial charge in [-0.05, 0) is 73.5 Å². The smallest absolute Gasteiger partial charge is 0.135 e. The van der Waals surface area contributed by atoms with Gasteiger partial charge >= 0.3 is 0 Å². The first-order chi connectivity index (χ1) is 15.3. The van der Waals surface area contributed by atoms with Crippen LogP contribution in [0.5, 0.6) is 11.5 Å². The fourth-order valence-electron chi connectivity index (χ4n) is 3.76. The van der Waals surface area contributed by atoms with E-state index in [-0.39, 0.29) is 17.3 Å². The minimum Gasteiger partial charge on any atom is -0.508 e. The molecule has 1 aliphatic carbocycles. The van der Waals surface area contributed by atoms with Gasteiger partial charge in [-0.15, -0.1) is 9.24 Å². The van der Waals surface area contributed by atoms with Crippen LogP contribution in [-0.4, -0.2) is 27.4 Å². The van der Waals surface area contributed by atoms with Crippen LogP contribution in [0.3, 0.4) is 0 Å². The SMILES string of the molecule is CC.CC(=O)Cc1ccc(-c2cc(O)cc(O)c2)cc1.CCCC(=O)C1CCC(P)CC1. The highest BCUT2D eigenvalue weighted by molar-refractivity contribution is 7.17. The van der Waals surface area contributed by atoms with Crippen molar-refractivity contribution in [1.29, 1.82) is 0 Å². The van der Waals surface area contributed by atoms with E-state index in [1.165, 1.54) is 18.9 Å². The molecule has 0 saturated heterocycles. The number of hydrogen-bond acceptors (Lipinski definition) is 4. The number of ketones is 2. The van der Waals surface area contributed by atoms with Crippen LogP contribution in [0, 0.1) is 5.92 Å². The Bertz CT molecular complexity index is 817. The van der Waals surface area contributed by atoms with Crippen LogP contribution in [0.15, 0.2) is 42.5 Å². The average Bonchev–Trinajstić information content (AvgIpc) is 2.76. The number of Topliss-reactive ketones (excluding diaryl/α,β-unsaturated/α-hetero) is 2. The summed E-state index contributed by atoms with van der Waals surface area (Å²) < 4.78 is 0. The zero-order valence-electron chi connectivity index (χ0n) is 19.9. The Morgan fingerprint density at radius 2 is 1.44 bits per heavy atom. The highest BCUT2D eigenvalue weighted by atomic mass is 31.0. The molecule has 1 aliphatic rings. The Balaban J connectivity index is 0.000000318. The number of rotatable bonds is 6. The number of carbonyl (C=O) groups is 2. The lowest BCUT2D eigenvalue weighted by molar-refractivity contribution is -0.123. The molecule has 2 aromatic carbocycles. The molecule has 0 amide bonds. The average molecular weight is 459 g/mol. The van der Waals surface area contributed by atoms with E-state index in [2.05, 4.69) is 16.2 Å². The fraction of sp³-hybridized carbons (Fsp3) is 0.481. The van der Waals surface area contributed by atoms with Crippen LogP contribution < -0.4 is 0 Å². The second kappa shape index (κ2) is 14.8. The normalized spacial score (nSPS) is 17.3. The zero-order valence-corrected chi connectivity index (χ0v) is 21.1. The first kappa shape index (κ1) is 27.8. The molecule has 1 unspecified atom stereocenters. The van der Waals surface area contributed by atoms with Gasteiger partial charge in [0.15, 0.2) is 0 Å². The molecule has 2 aromatic rings. The van der Waals surface area contributed by atoms with Crippen LogP contribution >= 0.6 is 9.24 Å². The van der Waals surface area contributed by atoms with E-state index < -0.39 is 0 Å². The molecule has 5 heteroatoms. The zero-order chi connectivity index (χ0) is 24.1. The van der Waals surface area contributed by atoms with Crippen molar-refractivity contribution in [3.63, 3.8) is 0 Å². The van der Waals surface area contributed by atoms with Gasteiger partial charge in [-0.3, -0.25) is 9.59 Å². The predicted molar refractivity (Wildman–Crippen MR) is 136 cm³/mol. The third-order valence-corrected chi connectivity index (χ3v) is 6.03. The van der Waals surface area contributed by atoms with Crippen molar-refractivity contribution in [2.24, 2.45) is 5.92 Å². The second-order valence-corrected chi connectivity index (χ2v) is 9.08. The quantitative estimate of drug-likeness (QED) is 0.472. The molecule has 2 N–H and O–H groups in total. The van der Waals surface area contributed by atoms with Crippen molar-refractivity contribution >= 4 is 20.8 Å². The lowest BCUT2D eigenvalue weighted by Crippen LogP contribution is -2.21. The first-order valence-electron chi connectivity index (χ1n) is 11.7. The number of phenolic OH excluding ortho intramolecular Hbond substituents is 2. The summed E-state index contributed by atoms with van der Waals surface area (Å²) in [5.41, 5.74) is 3.35. The minimum absolute atomic E-state index is 0.0258. The number of carbonyl (C=O) groups excluding carboxylic acids is 2. The Labute approximate surface area is 195 Å². The molecule has 3 rings (SSSR count). The lowest BCUT2D eigenvalue weighted by atomic mass is 9.84. The molecule has 4 nitrogen and oxygen atoms in total. The highest BCUT2D eigenvalue weighted by Gasteiger charge is 2.23. The van der Waals surface area contributed by atoms with Crippen molar-refractivity contribution in [3.8, 4) is 22.6 Å². The summed E-state index contributed by atoms with van der Waals surface area (Å²) in [5, 5.41) is 18.8. The van der Waals surface area contributed by atoms with E-state index >= 15 is 0 Å². The minimum atomic E-state index is 0.0258. The molecule has 32 heavy (non-hydrogen) atoms. The summed E-state index contributed by atoms with van der Waals surface area (Å²) in [6.45, 7) is 7.64. The van der Waals surface area contributed by atoms with Gasteiger partial charge in [-0.2, -0.15) is 0 Å². The summed E-state index contributed by atoms with van der Waals surface area (Å²) in [6.07, 6.45) is 6.95. The molecule has 0 radical (unpaired) electrons. The summed E-state index contributed by atoms with van der Waals surface area (Å²) in [5.74, 6) is 1.09. The second-order valence-electron chi connectivity index (χ2n) is 8.14. The Morgan fingerprint density at radius 1 is 0.906 bits per heavy atom. The van der Waals surface area contributed by atoms with E-state index in [9.17, 15) is 19.8 Å². The standard InChI is InChI=1S/C15H14O3.C10H19OP.C2H6/c1-10(16)6-11-2-4-12(5-3-11)13-7-14(17)9-15(18)8-13;1-2-3-10(11)8-4-6-9(12)7-5-8;1-2/h2-5,7-9,17-18H,6H2,1H3;8-9H,2-7,12H2,1H3;1-2H3. The van der Waals surface area contributed by atoms with E-state index in [1.54, 1.807) is 19.1 Å². The predicted octanol–water partition coefficient (Wildman–Crippen LogP) is 6.71. The van der Waals surface area contributed by atoms with Crippen LogP contribution in [0.4, 0.5) is 0 Å². The van der Waals surface area contributed by atoms with E-state index in [1.807, 2.05) is 38.1 Å². The third-order valence-electron chi connectivity index (χ3n) is 5.37. The molecule has 0 aromatic heterocycles. The highest BCUT2D eigenvalue weighted by Crippen LogP contribution is 2.30. The van der Waals surface area contributed by atoms with Crippen molar-refractivity contribution in [1.82, 2.24) is 0 Å². The Kier molecular flexibility index (Phi) is 12.9. The van der Waals surface area contributed by atoms with Crippen LogP contribution in [0.25, 0.3) is 11.1 Å². The molecular weight excluding hydrogens is 419 g/mol. The van der Waals surface area contributed by atoms with Gasteiger partial charge in [0.05, 0.1) is 0 Å². The maximum Gasteiger partial charge on any atom is 0.135 e. The lowest BCUT2D eigenvalue weighted by Gasteiger charge is -2.24. The van der Waals surface area contributed by atoms with Gasteiger partial charge in [-0.25, -0.2) is 0 Å². The maximum absolute atomic E-state index is 11.5. The van der Waals surface area contributed by atoms with Crippen molar-refractivity contribution in [2.75, 3.05) is 0 Å². The largest absolute Gasteiger partial charge is 0.508 e. The van der Waals surface area contributed by atoms with Crippen LogP contribution in [-0.2, 0) is 16.0 Å². The molecular formula is C27H39O4P. The summed E-state index contributed by atoms with van der Waals surface area (Å²) in [6, 6.07) is 11.9. The van der Waals surface area contributed by atoms with Crippen molar-refractivity contribution < 1.29 is 19.8 Å². The van der Waals surface area contributed by atoms with Crippen molar-refractivity contribution in [2.45, 2.75) is 78.3 Å². The van der Waals surface area contributed by atoms with Crippen LogP contribution in [0.2, 0.25) is 0 Å². The summed E-state index contributed by atoms with van der Waals surface area (Å²) in [4.78, 5) is 22.5. The Hall–Kier alpha value is -2.19. The number of benzene rings is 2. The van der Waals surface area contributed by atoms with Gasteiger partial charge in [0.25, 0.3) is 0 Å². The summed E-state index contributed by atoms with van der Waals surface area (Å²) in [7, 11) is 2.87. The van der Waals surface area contributed by atoms with Gasteiger partial charge in [0.2, 0.25) is 0 Å². The van der Waals surface area contributed by atoms with Crippen LogP contribution in [0.1, 0.15) is 71.8 Å². The molecule has 0 spiro atoms. The molecule has 1 saturated carbocycles. The first-order valence-corrected chi connectivity index (χ1v) is 12.3. The van der Waals surface area contributed by atoms with Crippen molar-refractivity contribution in [3.05, 3.63) is 48.0 Å². The van der Waals surface area contributed by atoms with E-state index in [4.69, 9.17) is 0 Å². The topological polar surface area (TPSA) is 74.6 Å². The van der Waals surface area contributed by atoms with Gasteiger partial charge < -0.3 is 10.2 Å². The monoisotopic (exact) mass is 458 g/mol. The van der Waals surface area contributed by atoms with Gasteiger partial charge in [-0.1, -0.05) is 45.0 Å². The number of aromatic hydroxyl groups is 2. The molecule has 1 atom stereocenters. The third kappa shape index (κ3) is 9.96. The molecule has 0 bridgehead atoms. The molecule has 0 aliphatic heterocycles. The number of hydrogen-bond donors (Lipinski definition) is 2. The van der Waals surface area contributed by atoms with E-state index in [0.29, 0.717) is 18.1 Å². The number of phenols is 2. The van der Waals surface area contributed by atoms with E-state index in [0.717, 1.165) is 48.0 Å². The summed E-state index contributed by atoms with van der Waals surface area (Å²) >= 11 is 0. The molecule has 176 valence electrons. The molecule has 0 heterocycles. The van der Waals surface area contributed by atoms with Gasteiger partial charge in [0, 0.05) is 24.8 Å². The Morgan fingerprint density at radius 3 is 1.91 bits per heavy atom. The molecule has 1 fully saturated rings.